The van der Waals surface area contributed by atoms with Gasteiger partial charge in [-0.25, -0.2) is 13.2 Å². The van der Waals surface area contributed by atoms with E-state index in [-0.39, 0.29) is 17.7 Å². The lowest BCUT2D eigenvalue weighted by molar-refractivity contribution is 0.297. The zero-order valence-electron chi connectivity index (χ0n) is 20.3. The summed E-state index contributed by atoms with van der Waals surface area (Å²) in [5.41, 5.74) is 2.90. The Balaban J connectivity index is 1.32. The van der Waals surface area contributed by atoms with Crippen LogP contribution in [0.25, 0.3) is 0 Å². The van der Waals surface area contributed by atoms with Crippen molar-refractivity contribution in [1.29, 1.82) is 0 Å². The van der Waals surface area contributed by atoms with Gasteiger partial charge in [-0.1, -0.05) is 44.0 Å². The van der Waals surface area contributed by atoms with Gasteiger partial charge in [0.25, 0.3) is 0 Å². The Kier molecular flexibility index (Phi) is 8.20. The average Bonchev–Trinajstić information content (AvgIpc) is 2.82. The smallest absolute Gasteiger partial charge is 0.162 e. The van der Waals surface area contributed by atoms with E-state index in [1.165, 1.54) is 12.8 Å². The highest BCUT2D eigenvalue weighted by Crippen LogP contribution is 2.42. The fourth-order valence-electron chi connectivity index (χ4n) is 6.36. The average molecular weight is 457 g/mol. The molecule has 2 fully saturated rings. The normalized spacial score (nSPS) is 25.8. The van der Waals surface area contributed by atoms with E-state index in [0.717, 1.165) is 81.3 Å². The number of aryl methyl sites for hydroxylation is 2. The van der Waals surface area contributed by atoms with Crippen LogP contribution in [0.3, 0.4) is 0 Å². The predicted octanol–water partition coefficient (Wildman–Crippen LogP) is 9.39. The Labute approximate surface area is 198 Å². The highest BCUT2D eigenvalue weighted by atomic mass is 19.2. The minimum absolute atomic E-state index is 0.0983. The molecule has 0 aliphatic heterocycles. The highest BCUT2D eigenvalue weighted by Gasteiger charge is 2.29. The standard InChI is InChI=1S/C30H39F3/c1-3-4-21-6-12-23(13-7-21)26-17-18-27(30(33)29(26)32)24-14-8-22(9-15-24)10-16-25-11-5-20(2)19-28(25)31/h5,11,17-19,21-24H,3-4,6-10,12-16H2,1-2H3. The molecule has 0 amide bonds. The van der Waals surface area contributed by atoms with Crippen molar-refractivity contribution >= 4 is 0 Å². The van der Waals surface area contributed by atoms with E-state index in [9.17, 15) is 4.39 Å². The largest absolute Gasteiger partial charge is 0.207 e. The Morgan fingerprint density at radius 1 is 0.697 bits per heavy atom. The van der Waals surface area contributed by atoms with Crippen LogP contribution in [0.15, 0.2) is 30.3 Å². The Hall–Kier alpha value is -1.77. The monoisotopic (exact) mass is 456 g/mol. The van der Waals surface area contributed by atoms with E-state index in [4.69, 9.17) is 0 Å². The van der Waals surface area contributed by atoms with Crippen molar-refractivity contribution in [2.75, 3.05) is 0 Å². The van der Waals surface area contributed by atoms with Crippen LogP contribution >= 0.6 is 0 Å². The summed E-state index contributed by atoms with van der Waals surface area (Å²) in [6.07, 6.45) is 12.2. The molecule has 0 unspecified atom stereocenters. The first-order valence-corrected chi connectivity index (χ1v) is 13.2. The van der Waals surface area contributed by atoms with Gasteiger partial charge >= 0.3 is 0 Å². The number of hydrogen-bond acceptors (Lipinski definition) is 0. The van der Waals surface area contributed by atoms with Crippen molar-refractivity contribution < 1.29 is 13.2 Å². The van der Waals surface area contributed by atoms with Gasteiger partial charge in [0.1, 0.15) is 5.82 Å². The van der Waals surface area contributed by atoms with Crippen molar-refractivity contribution in [3.05, 3.63) is 70.0 Å². The quantitative estimate of drug-likeness (QED) is 0.389. The van der Waals surface area contributed by atoms with Gasteiger partial charge in [0, 0.05) is 0 Å². The summed E-state index contributed by atoms with van der Waals surface area (Å²) >= 11 is 0. The molecule has 0 N–H and O–H groups in total. The molecule has 0 spiro atoms. The van der Waals surface area contributed by atoms with Gasteiger partial charge in [-0.05, 0) is 123 Å². The van der Waals surface area contributed by atoms with Crippen LogP contribution in [-0.2, 0) is 6.42 Å². The zero-order valence-corrected chi connectivity index (χ0v) is 20.3. The summed E-state index contributed by atoms with van der Waals surface area (Å²) in [7, 11) is 0. The van der Waals surface area contributed by atoms with E-state index < -0.39 is 11.6 Å². The lowest BCUT2D eigenvalue weighted by atomic mass is 9.75. The second-order valence-corrected chi connectivity index (χ2v) is 10.7. The summed E-state index contributed by atoms with van der Waals surface area (Å²) in [5, 5.41) is 0. The molecule has 0 aromatic heterocycles. The number of benzene rings is 2. The van der Waals surface area contributed by atoms with Crippen LogP contribution in [0.5, 0.6) is 0 Å². The molecule has 0 heterocycles. The molecule has 0 bridgehead atoms. The first-order chi connectivity index (χ1) is 16.0. The molecule has 2 aliphatic carbocycles. The summed E-state index contributed by atoms with van der Waals surface area (Å²) in [4.78, 5) is 0. The van der Waals surface area contributed by atoms with Crippen molar-refractivity contribution in [1.82, 2.24) is 0 Å². The van der Waals surface area contributed by atoms with E-state index in [1.54, 1.807) is 6.07 Å². The van der Waals surface area contributed by atoms with Crippen molar-refractivity contribution in [2.45, 2.75) is 103 Å². The van der Waals surface area contributed by atoms with Gasteiger partial charge < -0.3 is 0 Å². The predicted molar refractivity (Wildman–Crippen MR) is 130 cm³/mol. The molecule has 33 heavy (non-hydrogen) atoms. The molecule has 3 heteroatoms. The van der Waals surface area contributed by atoms with Gasteiger partial charge in [-0.2, -0.15) is 0 Å². The second kappa shape index (κ2) is 11.1. The summed E-state index contributed by atoms with van der Waals surface area (Å²) in [5.74, 6) is 0.251. The molecule has 180 valence electrons. The minimum Gasteiger partial charge on any atom is -0.207 e. The van der Waals surface area contributed by atoms with E-state index in [0.29, 0.717) is 17.0 Å². The minimum atomic E-state index is -0.603. The number of rotatable bonds is 7. The van der Waals surface area contributed by atoms with Crippen LogP contribution in [0.2, 0.25) is 0 Å². The van der Waals surface area contributed by atoms with Crippen molar-refractivity contribution in [2.24, 2.45) is 11.8 Å². The van der Waals surface area contributed by atoms with Crippen molar-refractivity contribution in [3.63, 3.8) is 0 Å². The molecular formula is C30H39F3. The third kappa shape index (κ3) is 5.84. The number of hydrogen-bond donors (Lipinski definition) is 0. The highest BCUT2D eigenvalue weighted by molar-refractivity contribution is 5.32. The second-order valence-electron chi connectivity index (χ2n) is 10.7. The van der Waals surface area contributed by atoms with Crippen molar-refractivity contribution in [3.8, 4) is 0 Å². The lowest BCUT2D eigenvalue weighted by Gasteiger charge is -2.31. The molecule has 0 atom stereocenters. The zero-order chi connectivity index (χ0) is 23.4. The first-order valence-electron chi connectivity index (χ1n) is 13.2. The Morgan fingerprint density at radius 2 is 1.21 bits per heavy atom. The van der Waals surface area contributed by atoms with Crippen LogP contribution in [0, 0.1) is 36.2 Å². The third-order valence-corrected chi connectivity index (χ3v) is 8.44. The topological polar surface area (TPSA) is 0 Å². The molecule has 2 aromatic rings. The molecule has 0 radical (unpaired) electrons. The van der Waals surface area contributed by atoms with E-state index in [1.807, 2.05) is 31.2 Å². The van der Waals surface area contributed by atoms with Gasteiger partial charge in [-0.15, -0.1) is 0 Å². The van der Waals surface area contributed by atoms with Crippen LogP contribution in [-0.4, -0.2) is 0 Å². The Bertz CT molecular complexity index is 918. The molecule has 2 aromatic carbocycles. The number of halogens is 3. The molecule has 2 saturated carbocycles. The van der Waals surface area contributed by atoms with E-state index >= 15 is 8.78 Å². The maximum atomic E-state index is 15.1. The molecular weight excluding hydrogens is 417 g/mol. The third-order valence-electron chi connectivity index (χ3n) is 8.44. The fourth-order valence-corrected chi connectivity index (χ4v) is 6.36. The lowest BCUT2D eigenvalue weighted by Crippen LogP contribution is -2.17. The van der Waals surface area contributed by atoms with Crippen LogP contribution < -0.4 is 0 Å². The molecule has 0 saturated heterocycles. The molecule has 2 aliphatic rings. The van der Waals surface area contributed by atoms with E-state index in [2.05, 4.69) is 6.92 Å². The van der Waals surface area contributed by atoms with Crippen LogP contribution in [0.1, 0.15) is 112 Å². The molecule has 4 rings (SSSR count). The van der Waals surface area contributed by atoms with Gasteiger partial charge in [-0.3, -0.25) is 0 Å². The summed E-state index contributed by atoms with van der Waals surface area (Å²) in [6, 6.07) is 9.22. The SMILES string of the molecule is CCCC1CCC(c2ccc(C3CCC(CCc4ccc(C)cc4F)CC3)c(F)c2F)CC1. The van der Waals surface area contributed by atoms with Gasteiger partial charge in [0.05, 0.1) is 0 Å². The summed E-state index contributed by atoms with van der Waals surface area (Å²) in [6.45, 7) is 4.12. The Morgan fingerprint density at radius 3 is 1.70 bits per heavy atom. The summed E-state index contributed by atoms with van der Waals surface area (Å²) < 4.78 is 44.3. The fraction of sp³-hybridized carbons (Fsp3) is 0.600. The molecule has 0 nitrogen and oxygen atoms in total. The first kappa shape index (κ1) is 24.4. The maximum Gasteiger partial charge on any atom is 0.162 e. The van der Waals surface area contributed by atoms with Gasteiger partial charge in [0.2, 0.25) is 0 Å². The maximum absolute atomic E-state index is 15.1. The van der Waals surface area contributed by atoms with Gasteiger partial charge in [0.15, 0.2) is 11.6 Å². The van der Waals surface area contributed by atoms with Crippen LogP contribution in [0.4, 0.5) is 13.2 Å².